The summed E-state index contributed by atoms with van der Waals surface area (Å²) in [5.74, 6) is -0.0755. The molecular weight excluding hydrogens is 314 g/mol. The molecule has 1 amide bonds. The van der Waals surface area contributed by atoms with Crippen LogP contribution in [0.25, 0.3) is 0 Å². The third-order valence-corrected chi connectivity index (χ3v) is 4.71. The standard InChI is InChI=1S/C20H25N3O2/c1-21(20(25)16-23-14-6-3-7-19(23)24)15-17-8-10-18(11-9-17)22-12-4-2-5-13-22/h3,6-11,14H,2,4-5,12-13,15-16H2,1H3. The zero-order chi connectivity index (χ0) is 17.6. The average molecular weight is 339 g/mol. The van der Waals surface area contributed by atoms with Crippen LogP contribution >= 0.6 is 0 Å². The van der Waals surface area contributed by atoms with Gasteiger partial charge in [0.05, 0.1) is 0 Å². The van der Waals surface area contributed by atoms with E-state index in [2.05, 4.69) is 29.2 Å². The Labute approximate surface area is 148 Å². The molecule has 0 saturated carbocycles. The summed E-state index contributed by atoms with van der Waals surface area (Å²) in [6.45, 7) is 2.87. The molecule has 1 aromatic heterocycles. The summed E-state index contributed by atoms with van der Waals surface area (Å²) in [6, 6.07) is 13.4. The number of anilines is 1. The summed E-state index contributed by atoms with van der Waals surface area (Å²) < 4.78 is 1.43. The lowest BCUT2D eigenvalue weighted by Gasteiger charge is -2.29. The quantitative estimate of drug-likeness (QED) is 0.841. The third kappa shape index (κ3) is 4.50. The topological polar surface area (TPSA) is 45.5 Å². The van der Waals surface area contributed by atoms with E-state index >= 15 is 0 Å². The Bertz CT molecular complexity index is 761. The molecule has 0 radical (unpaired) electrons. The van der Waals surface area contributed by atoms with Crippen molar-refractivity contribution in [3.63, 3.8) is 0 Å². The Kier molecular flexibility index (Phi) is 5.53. The molecule has 0 unspecified atom stereocenters. The molecule has 0 bridgehead atoms. The molecule has 1 saturated heterocycles. The van der Waals surface area contributed by atoms with Gasteiger partial charge in [0.25, 0.3) is 5.56 Å². The first-order chi connectivity index (χ1) is 12.1. The van der Waals surface area contributed by atoms with Crippen molar-refractivity contribution in [3.8, 4) is 0 Å². The van der Waals surface area contributed by atoms with E-state index in [0.717, 1.165) is 18.7 Å². The van der Waals surface area contributed by atoms with Gasteiger partial charge >= 0.3 is 0 Å². The fourth-order valence-corrected chi connectivity index (χ4v) is 3.18. The van der Waals surface area contributed by atoms with Crippen LogP contribution in [0.5, 0.6) is 0 Å². The number of rotatable bonds is 5. The maximum absolute atomic E-state index is 12.3. The summed E-state index contributed by atoms with van der Waals surface area (Å²) in [5.41, 5.74) is 2.19. The Balaban J connectivity index is 1.58. The monoisotopic (exact) mass is 339 g/mol. The number of hydrogen-bond donors (Lipinski definition) is 0. The Hall–Kier alpha value is -2.56. The molecule has 132 valence electrons. The van der Waals surface area contributed by atoms with E-state index in [1.165, 1.54) is 35.6 Å². The average Bonchev–Trinajstić information content (AvgIpc) is 2.65. The second-order valence-electron chi connectivity index (χ2n) is 6.63. The van der Waals surface area contributed by atoms with Crippen LogP contribution in [0.4, 0.5) is 5.69 Å². The van der Waals surface area contributed by atoms with Crippen molar-refractivity contribution in [1.82, 2.24) is 9.47 Å². The maximum atomic E-state index is 12.3. The molecule has 3 rings (SSSR count). The van der Waals surface area contributed by atoms with E-state index in [4.69, 9.17) is 0 Å². The molecule has 0 spiro atoms. The molecule has 5 heteroatoms. The van der Waals surface area contributed by atoms with Crippen molar-refractivity contribution in [1.29, 1.82) is 0 Å². The molecular formula is C20H25N3O2. The third-order valence-electron chi connectivity index (χ3n) is 4.71. The van der Waals surface area contributed by atoms with Crippen molar-refractivity contribution in [2.45, 2.75) is 32.4 Å². The number of carbonyl (C=O) groups excluding carboxylic acids is 1. The zero-order valence-corrected chi connectivity index (χ0v) is 14.7. The first-order valence-electron chi connectivity index (χ1n) is 8.87. The van der Waals surface area contributed by atoms with Crippen LogP contribution in [0.1, 0.15) is 24.8 Å². The number of pyridine rings is 1. The van der Waals surface area contributed by atoms with Gasteiger partial charge in [-0.2, -0.15) is 0 Å². The lowest BCUT2D eigenvalue weighted by molar-refractivity contribution is -0.131. The molecule has 1 aliphatic heterocycles. The molecule has 0 aliphatic carbocycles. The minimum Gasteiger partial charge on any atom is -0.372 e. The Morgan fingerprint density at radius 3 is 2.44 bits per heavy atom. The lowest BCUT2D eigenvalue weighted by atomic mass is 10.1. The second kappa shape index (κ2) is 8.01. The number of likely N-dealkylation sites (N-methyl/N-ethyl adjacent to an activating group) is 1. The van der Waals surface area contributed by atoms with E-state index in [-0.39, 0.29) is 18.0 Å². The molecule has 1 aromatic carbocycles. The molecule has 2 heterocycles. The maximum Gasteiger partial charge on any atom is 0.250 e. The number of nitrogens with zero attached hydrogens (tertiary/aromatic N) is 3. The van der Waals surface area contributed by atoms with Gasteiger partial charge in [0.15, 0.2) is 0 Å². The van der Waals surface area contributed by atoms with Gasteiger partial charge in [-0.25, -0.2) is 0 Å². The van der Waals surface area contributed by atoms with E-state index in [0.29, 0.717) is 6.54 Å². The van der Waals surface area contributed by atoms with Crippen molar-refractivity contribution in [2.24, 2.45) is 0 Å². The highest BCUT2D eigenvalue weighted by Crippen LogP contribution is 2.20. The summed E-state index contributed by atoms with van der Waals surface area (Å²) in [5, 5.41) is 0. The Morgan fingerprint density at radius 1 is 1.04 bits per heavy atom. The summed E-state index contributed by atoms with van der Waals surface area (Å²) >= 11 is 0. The van der Waals surface area contributed by atoms with Gasteiger partial charge in [0.1, 0.15) is 6.54 Å². The fourth-order valence-electron chi connectivity index (χ4n) is 3.18. The van der Waals surface area contributed by atoms with Gasteiger partial charge in [-0.05, 0) is 43.0 Å². The van der Waals surface area contributed by atoms with Crippen LogP contribution in [0.15, 0.2) is 53.5 Å². The second-order valence-corrected chi connectivity index (χ2v) is 6.63. The molecule has 2 aromatic rings. The number of aromatic nitrogens is 1. The van der Waals surface area contributed by atoms with E-state index in [1.54, 1.807) is 30.3 Å². The largest absolute Gasteiger partial charge is 0.372 e. The number of hydrogen-bond acceptors (Lipinski definition) is 3. The minimum absolute atomic E-state index is 0.0715. The molecule has 1 aliphatic rings. The number of piperidine rings is 1. The summed E-state index contributed by atoms with van der Waals surface area (Å²) in [6.07, 6.45) is 5.49. The number of benzene rings is 1. The molecule has 5 nitrogen and oxygen atoms in total. The summed E-state index contributed by atoms with van der Waals surface area (Å²) in [4.78, 5) is 28.1. The van der Waals surface area contributed by atoms with Crippen LogP contribution in [-0.4, -0.2) is 35.5 Å². The molecule has 1 fully saturated rings. The van der Waals surface area contributed by atoms with Gasteiger partial charge in [-0.15, -0.1) is 0 Å². The molecule has 25 heavy (non-hydrogen) atoms. The van der Waals surface area contributed by atoms with Gasteiger partial charge in [0.2, 0.25) is 5.91 Å². The van der Waals surface area contributed by atoms with Gasteiger partial charge in [-0.1, -0.05) is 18.2 Å². The zero-order valence-electron chi connectivity index (χ0n) is 14.7. The molecule has 0 atom stereocenters. The predicted octanol–water partition coefficient (Wildman–Crippen LogP) is 2.50. The first-order valence-corrected chi connectivity index (χ1v) is 8.87. The fraction of sp³-hybridized carbons (Fsp3) is 0.400. The van der Waals surface area contributed by atoms with E-state index < -0.39 is 0 Å². The van der Waals surface area contributed by atoms with Crippen LogP contribution in [0.3, 0.4) is 0 Å². The lowest BCUT2D eigenvalue weighted by Crippen LogP contribution is -2.33. The first kappa shape index (κ1) is 17.3. The van der Waals surface area contributed by atoms with Crippen LogP contribution in [0, 0.1) is 0 Å². The number of carbonyl (C=O) groups is 1. The van der Waals surface area contributed by atoms with Crippen molar-refractivity contribution >= 4 is 11.6 Å². The van der Waals surface area contributed by atoms with Crippen molar-refractivity contribution in [2.75, 3.05) is 25.0 Å². The highest BCUT2D eigenvalue weighted by molar-refractivity contribution is 5.75. The SMILES string of the molecule is CN(Cc1ccc(N2CCCCC2)cc1)C(=O)Cn1ccccc1=O. The normalized spacial score (nSPS) is 14.4. The van der Waals surface area contributed by atoms with Crippen molar-refractivity contribution < 1.29 is 4.79 Å². The predicted molar refractivity (Wildman–Crippen MR) is 99.7 cm³/mol. The van der Waals surface area contributed by atoms with Crippen molar-refractivity contribution in [3.05, 3.63) is 64.6 Å². The van der Waals surface area contributed by atoms with Gasteiger partial charge in [0, 0.05) is 44.6 Å². The number of amides is 1. The van der Waals surface area contributed by atoms with Gasteiger partial charge in [-0.3, -0.25) is 9.59 Å². The molecule has 0 N–H and O–H groups in total. The smallest absolute Gasteiger partial charge is 0.250 e. The van der Waals surface area contributed by atoms with E-state index in [9.17, 15) is 9.59 Å². The summed E-state index contributed by atoms with van der Waals surface area (Å²) in [7, 11) is 1.77. The van der Waals surface area contributed by atoms with E-state index in [1.807, 2.05) is 0 Å². The Morgan fingerprint density at radius 2 is 1.76 bits per heavy atom. The van der Waals surface area contributed by atoms with Crippen LogP contribution in [0.2, 0.25) is 0 Å². The minimum atomic E-state index is -0.157. The highest BCUT2D eigenvalue weighted by atomic mass is 16.2. The van der Waals surface area contributed by atoms with Crippen LogP contribution in [-0.2, 0) is 17.9 Å². The van der Waals surface area contributed by atoms with Crippen LogP contribution < -0.4 is 10.5 Å². The highest BCUT2D eigenvalue weighted by Gasteiger charge is 2.13. The van der Waals surface area contributed by atoms with Gasteiger partial charge < -0.3 is 14.4 Å².